The second kappa shape index (κ2) is 7.37. The van der Waals surface area contributed by atoms with Crippen LogP contribution in [0.3, 0.4) is 0 Å². The average molecular weight is 257 g/mol. The van der Waals surface area contributed by atoms with Crippen molar-refractivity contribution in [2.24, 2.45) is 5.73 Å². The molecule has 0 spiro atoms. The molecule has 2 unspecified atom stereocenters. The smallest absolute Gasteiger partial charge is 0.223 e. The summed E-state index contributed by atoms with van der Waals surface area (Å²) >= 11 is 1.55. The molecule has 1 heterocycles. The van der Waals surface area contributed by atoms with Gasteiger partial charge >= 0.3 is 0 Å². The number of carbonyl (C=O) groups excluding carboxylic acids is 1. The number of nitrogens with two attached hydrogens (primary N) is 1. The summed E-state index contributed by atoms with van der Waals surface area (Å²) in [5.41, 5.74) is 5.47. The van der Waals surface area contributed by atoms with Gasteiger partial charge < -0.3 is 15.8 Å². The summed E-state index contributed by atoms with van der Waals surface area (Å²) in [7, 11) is 1.56. The fourth-order valence-corrected chi connectivity index (χ4v) is 2.24. The molecule has 1 aromatic heterocycles. The Hall–Kier alpha value is -0.980. The Morgan fingerprint density at radius 2 is 2.47 bits per heavy atom. The predicted molar refractivity (Wildman–Crippen MR) is 67.8 cm³/mol. The van der Waals surface area contributed by atoms with E-state index in [1.54, 1.807) is 24.6 Å². The van der Waals surface area contributed by atoms with Crippen LogP contribution in [0.4, 0.5) is 0 Å². The van der Waals surface area contributed by atoms with Gasteiger partial charge in [0.15, 0.2) is 0 Å². The van der Waals surface area contributed by atoms with Crippen molar-refractivity contribution < 1.29 is 9.53 Å². The first-order valence-electron chi connectivity index (χ1n) is 5.62. The number of methoxy groups -OCH3 is 1. The fraction of sp³-hybridized carbons (Fsp3) is 0.636. The number of rotatable bonds is 7. The fourth-order valence-electron chi connectivity index (χ4n) is 1.47. The SMILES string of the molecule is CCC(NC(=O)CC(CN)OC)c1nccs1. The first kappa shape index (κ1) is 14.1. The van der Waals surface area contributed by atoms with Crippen LogP contribution >= 0.6 is 11.3 Å². The second-order valence-corrected chi connectivity index (χ2v) is 4.62. The van der Waals surface area contributed by atoms with Crippen LogP contribution in [0.2, 0.25) is 0 Å². The van der Waals surface area contributed by atoms with Crippen molar-refractivity contribution in [3.63, 3.8) is 0 Å². The number of hydrogen-bond donors (Lipinski definition) is 2. The van der Waals surface area contributed by atoms with Gasteiger partial charge in [-0.3, -0.25) is 4.79 Å². The van der Waals surface area contributed by atoms with Gasteiger partial charge in [0.1, 0.15) is 5.01 Å². The van der Waals surface area contributed by atoms with Crippen LogP contribution in [0, 0.1) is 0 Å². The summed E-state index contributed by atoms with van der Waals surface area (Å²) in [6, 6.07) is -0.0159. The van der Waals surface area contributed by atoms with Gasteiger partial charge in [-0.2, -0.15) is 0 Å². The van der Waals surface area contributed by atoms with Crippen molar-refractivity contribution in [2.45, 2.75) is 31.9 Å². The van der Waals surface area contributed by atoms with Crippen LogP contribution in [0.5, 0.6) is 0 Å². The van der Waals surface area contributed by atoms with Crippen LogP contribution in [0.1, 0.15) is 30.8 Å². The van der Waals surface area contributed by atoms with E-state index in [9.17, 15) is 4.79 Å². The number of amides is 1. The molecular formula is C11H19N3O2S. The molecule has 96 valence electrons. The first-order valence-corrected chi connectivity index (χ1v) is 6.50. The number of nitrogens with zero attached hydrogens (tertiary/aromatic N) is 1. The molecule has 5 nitrogen and oxygen atoms in total. The molecule has 0 bridgehead atoms. The van der Waals surface area contributed by atoms with E-state index in [-0.39, 0.29) is 24.5 Å². The van der Waals surface area contributed by atoms with E-state index in [0.29, 0.717) is 6.54 Å². The van der Waals surface area contributed by atoms with Crippen LogP contribution in [0.25, 0.3) is 0 Å². The Kier molecular flexibility index (Phi) is 6.10. The average Bonchev–Trinajstić information content (AvgIpc) is 2.86. The highest BCUT2D eigenvalue weighted by molar-refractivity contribution is 7.09. The maximum absolute atomic E-state index is 11.8. The molecule has 2 atom stereocenters. The zero-order chi connectivity index (χ0) is 12.7. The van der Waals surface area contributed by atoms with Crippen LogP contribution in [-0.2, 0) is 9.53 Å². The third-order valence-corrected chi connectivity index (χ3v) is 3.39. The molecule has 0 aromatic carbocycles. The third kappa shape index (κ3) is 4.41. The van der Waals surface area contributed by atoms with Gasteiger partial charge in [-0.15, -0.1) is 11.3 Å². The quantitative estimate of drug-likeness (QED) is 0.766. The van der Waals surface area contributed by atoms with E-state index >= 15 is 0 Å². The molecule has 0 saturated heterocycles. The normalized spacial score (nSPS) is 14.3. The molecule has 0 fully saturated rings. The maximum Gasteiger partial charge on any atom is 0.223 e. The van der Waals surface area contributed by atoms with E-state index in [1.807, 2.05) is 12.3 Å². The molecular weight excluding hydrogens is 238 g/mol. The van der Waals surface area contributed by atoms with Crippen molar-refractivity contribution in [3.05, 3.63) is 16.6 Å². The summed E-state index contributed by atoms with van der Waals surface area (Å²) < 4.78 is 5.08. The lowest BCUT2D eigenvalue weighted by atomic mass is 10.2. The first-order chi connectivity index (χ1) is 8.21. The third-order valence-electron chi connectivity index (χ3n) is 2.50. The zero-order valence-electron chi connectivity index (χ0n) is 10.2. The van der Waals surface area contributed by atoms with Crippen LogP contribution < -0.4 is 11.1 Å². The summed E-state index contributed by atoms with van der Waals surface area (Å²) in [6.45, 7) is 2.36. The highest BCUT2D eigenvalue weighted by Crippen LogP contribution is 2.18. The minimum atomic E-state index is -0.219. The Labute approximate surface area is 105 Å². The molecule has 6 heteroatoms. The summed E-state index contributed by atoms with van der Waals surface area (Å²) in [5, 5.41) is 5.78. The van der Waals surface area contributed by atoms with E-state index in [4.69, 9.17) is 10.5 Å². The van der Waals surface area contributed by atoms with E-state index < -0.39 is 0 Å². The minimum absolute atomic E-state index is 0.0159. The number of carbonyl (C=O) groups is 1. The Morgan fingerprint density at radius 3 is 2.94 bits per heavy atom. The van der Waals surface area contributed by atoms with Crippen molar-refractivity contribution in [1.82, 2.24) is 10.3 Å². The van der Waals surface area contributed by atoms with Crippen LogP contribution in [-0.4, -0.2) is 30.6 Å². The molecule has 0 radical (unpaired) electrons. The number of nitrogens with one attached hydrogen (secondary N) is 1. The Morgan fingerprint density at radius 1 is 1.71 bits per heavy atom. The highest BCUT2D eigenvalue weighted by atomic mass is 32.1. The van der Waals surface area contributed by atoms with Gasteiger partial charge in [0.25, 0.3) is 0 Å². The van der Waals surface area contributed by atoms with Gasteiger partial charge in [-0.25, -0.2) is 4.98 Å². The molecule has 1 aromatic rings. The number of thiazole rings is 1. The zero-order valence-corrected chi connectivity index (χ0v) is 11.0. The van der Waals surface area contributed by atoms with Crippen molar-refractivity contribution in [2.75, 3.05) is 13.7 Å². The van der Waals surface area contributed by atoms with Crippen molar-refractivity contribution in [1.29, 1.82) is 0 Å². The lowest BCUT2D eigenvalue weighted by Gasteiger charge is -2.17. The number of hydrogen-bond acceptors (Lipinski definition) is 5. The topological polar surface area (TPSA) is 77.2 Å². The molecule has 0 aliphatic carbocycles. The van der Waals surface area contributed by atoms with Crippen LogP contribution in [0.15, 0.2) is 11.6 Å². The standard InChI is InChI=1S/C11H19N3O2S/c1-3-9(11-13-4-5-17-11)14-10(15)6-8(7-12)16-2/h4-5,8-9H,3,6-7,12H2,1-2H3,(H,14,15). The summed E-state index contributed by atoms with van der Waals surface area (Å²) in [4.78, 5) is 16.0. The monoisotopic (exact) mass is 257 g/mol. The van der Waals surface area contributed by atoms with E-state index in [1.165, 1.54) is 0 Å². The van der Waals surface area contributed by atoms with E-state index in [0.717, 1.165) is 11.4 Å². The lowest BCUT2D eigenvalue weighted by Crippen LogP contribution is -2.34. The summed E-state index contributed by atoms with van der Waals surface area (Å²) in [6.07, 6.45) is 2.63. The predicted octanol–water partition coefficient (Wildman–Crippen LogP) is 1.07. The molecule has 0 saturated carbocycles. The summed E-state index contributed by atoms with van der Waals surface area (Å²) in [5.74, 6) is -0.0515. The Balaban J connectivity index is 2.49. The molecule has 17 heavy (non-hydrogen) atoms. The van der Waals surface area contributed by atoms with Crippen molar-refractivity contribution in [3.8, 4) is 0 Å². The Bertz CT molecular complexity index is 325. The number of aromatic nitrogens is 1. The van der Waals surface area contributed by atoms with Gasteiger partial charge in [0.05, 0.1) is 18.6 Å². The van der Waals surface area contributed by atoms with E-state index in [2.05, 4.69) is 10.3 Å². The van der Waals surface area contributed by atoms with Gasteiger partial charge in [-0.1, -0.05) is 6.92 Å². The molecule has 3 N–H and O–H groups in total. The molecule has 1 amide bonds. The highest BCUT2D eigenvalue weighted by Gasteiger charge is 2.17. The number of ether oxygens (including phenoxy) is 1. The minimum Gasteiger partial charge on any atom is -0.380 e. The van der Waals surface area contributed by atoms with Crippen molar-refractivity contribution >= 4 is 17.2 Å². The molecule has 0 aliphatic heterocycles. The van der Waals surface area contributed by atoms with Gasteiger partial charge in [-0.05, 0) is 6.42 Å². The second-order valence-electron chi connectivity index (χ2n) is 3.70. The molecule has 1 rings (SSSR count). The van der Waals surface area contributed by atoms with Gasteiger partial charge in [0, 0.05) is 25.2 Å². The largest absolute Gasteiger partial charge is 0.380 e. The molecule has 0 aliphatic rings. The lowest BCUT2D eigenvalue weighted by molar-refractivity contribution is -0.124. The van der Waals surface area contributed by atoms with Gasteiger partial charge in [0.2, 0.25) is 5.91 Å². The maximum atomic E-state index is 11.8.